The van der Waals surface area contributed by atoms with Gasteiger partial charge in [-0.1, -0.05) is 37.3 Å². The highest BCUT2D eigenvalue weighted by Gasteiger charge is 2.43. The molecule has 5 rings (SSSR count). The zero-order valence-corrected chi connectivity index (χ0v) is 23.5. The second-order valence-electron chi connectivity index (χ2n) is 11.4. The van der Waals surface area contributed by atoms with E-state index >= 15 is 0 Å². The topological polar surface area (TPSA) is 32.3 Å². The molecule has 2 aliphatic heterocycles. The van der Waals surface area contributed by atoms with E-state index in [9.17, 15) is 4.79 Å². The number of amides is 1. The molecule has 35 heavy (non-hydrogen) atoms. The quantitative estimate of drug-likeness (QED) is 0.313. The van der Waals surface area contributed by atoms with Crippen LogP contribution in [0.3, 0.4) is 0 Å². The minimum absolute atomic E-state index is 0.0291. The fraction of sp³-hybridized carbons (Fsp3) is 0.323. The molecule has 0 aliphatic carbocycles. The Morgan fingerprint density at radius 2 is 1.63 bits per heavy atom. The summed E-state index contributed by atoms with van der Waals surface area (Å²) in [6.07, 6.45) is 3.21. The van der Waals surface area contributed by atoms with Crippen LogP contribution in [-0.4, -0.2) is 17.0 Å². The molecule has 3 aromatic carbocycles. The SMILES string of the molecule is CC1=CC(C)(C)N(C(=O)c2ccc(I)cc2)c2ccc(C3(C)CC(C)(C)Nc4ccccc43)cc21. The molecule has 1 unspecified atom stereocenters. The Morgan fingerprint density at radius 1 is 0.943 bits per heavy atom. The van der Waals surface area contributed by atoms with Crippen molar-refractivity contribution < 1.29 is 4.79 Å². The predicted molar refractivity (Wildman–Crippen MR) is 155 cm³/mol. The Labute approximate surface area is 222 Å². The van der Waals surface area contributed by atoms with Crippen molar-refractivity contribution in [2.45, 2.75) is 64.5 Å². The van der Waals surface area contributed by atoms with E-state index in [-0.39, 0.29) is 16.9 Å². The van der Waals surface area contributed by atoms with E-state index in [0.29, 0.717) is 5.56 Å². The van der Waals surface area contributed by atoms with Crippen molar-refractivity contribution in [1.82, 2.24) is 0 Å². The molecule has 0 fully saturated rings. The monoisotopic (exact) mass is 576 g/mol. The molecule has 2 aliphatic rings. The number of fused-ring (bicyclic) bond motifs is 2. The number of hydrogen-bond acceptors (Lipinski definition) is 2. The molecule has 2 heterocycles. The number of halogens is 1. The van der Waals surface area contributed by atoms with Crippen LogP contribution in [0.15, 0.2) is 72.8 Å². The summed E-state index contributed by atoms with van der Waals surface area (Å²) in [7, 11) is 0. The average molecular weight is 577 g/mol. The number of anilines is 2. The predicted octanol–water partition coefficient (Wildman–Crippen LogP) is 8.03. The van der Waals surface area contributed by atoms with Crippen LogP contribution in [0, 0.1) is 3.57 Å². The number of carbonyl (C=O) groups excluding carboxylic acids is 1. The molecule has 3 aromatic rings. The number of para-hydroxylation sites is 1. The lowest BCUT2D eigenvalue weighted by Gasteiger charge is -2.47. The number of nitrogens with one attached hydrogen (secondary N) is 1. The van der Waals surface area contributed by atoms with Crippen molar-refractivity contribution in [1.29, 1.82) is 0 Å². The van der Waals surface area contributed by atoms with Crippen LogP contribution in [0.25, 0.3) is 5.57 Å². The van der Waals surface area contributed by atoms with Gasteiger partial charge < -0.3 is 5.32 Å². The van der Waals surface area contributed by atoms with Gasteiger partial charge in [0, 0.05) is 31.3 Å². The summed E-state index contributed by atoms with van der Waals surface area (Å²) in [4.78, 5) is 15.7. The van der Waals surface area contributed by atoms with Crippen LogP contribution in [-0.2, 0) is 5.41 Å². The maximum absolute atomic E-state index is 13.8. The highest BCUT2D eigenvalue weighted by atomic mass is 127. The average Bonchev–Trinajstić information content (AvgIpc) is 2.78. The Hall–Kier alpha value is -2.60. The maximum Gasteiger partial charge on any atom is 0.259 e. The van der Waals surface area contributed by atoms with Crippen LogP contribution < -0.4 is 10.2 Å². The van der Waals surface area contributed by atoms with Crippen LogP contribution in [0.2, 0.25) is 0 Å². The van der Waals surface area contributed by atoms with Gasteiger partial charge in [-0.05, 0) is 123 Å². The van der Waals surface area contributed by atoms with Crippen LogP contribution >= 0.6 is 22.6 Å². The number of allylic oxidation sites excluding steroid dienone is 1. The van der Waals surface area contributed by atoms with Gasteiger partial charge in [-0.2, -0.15) is 0 Å². The molecule has 0 saturated heterocycles. The van der Waals surface area contributed by atoms with Crippen LogP contribution in [0.1, 0.15) is 75.0 Å². The van der Waals surface area contributed by atoms with E-state index < -0.39 is 5.54 Å². The van der Waals surface area contributed by atoms with Gasteiger partial charge >= 0.3 is 0 Å². The molecule has 0 aromatic heterocycles. The molecule has 4 heteroatoms. The van der Waals surface area contributed by atoms with Crippen LogP contribution in [0.4, 0.5) is 11.4 Å². The molecule has 0 bridgehead atoms. The van der Waals surface area contributed by atoms with Gasteiger partial charge in [0.1, 0.15) is 0 Å². The van der Waals surface area contributed by atoms with E-state index in [0.717, 1.165) is 21.2 Å². The molecular formula is C31H33IN2O. The number of benzene rings is 3. The van der Waals surface area contributed by atoms with Gasteiger partial charge in [0.2, 0.25) is 0 Å². The van der Waals surface area contributed by atoms with E-state index in [1.54, 1.807) is 0 Å². The van der Waals surface area contributed by atoms with Crippen molar-refractivity contribution in [2.24, 2.45) is 0 Å². The first-order valence-corrected chi connectivity index (χ1v) is 13.3. The van der Waals surface area contributed by atoms with Gasteiger partial charge in [-0.3, -0.25) is 9.69 Å². The smallest absolute Gasteiger partial charge is 0.259 e. The standard InChI is InChI=1S/C31H33IN2O/c1-20-18-30(4,5)34(28(35)21-11-14-23(32)15-12-21)27-16-13-22(17-24(20)27)31(6)19-29(2,3)33-26-10-8-7-9-25(26)31/h7-18,33H,19H2,1-6H3. The van der Waals surface area contributed by atoms with Gasteiger partial charge in [0.05, 0.1) is 11.2 Å². The summed E-state index contributed by atoms with van der Waals surface area (Å²) in [6, 6.07) is 23.2. The van der Waals surface area contributed by atoms with E-state index in [2.05, 4.69) is 118 Å². The summed E-state index contributed by atoms with van der Waals surface area (Å²) in [5, 5.41) is 3.72. The zero-order valence-electron chi connectivity index (χ0n) is 21.4. The summed E-state index contributed by atoms with van der Waals surface area (Å²) in [6.45, 7) is 13.3. The first-order valence-electron chi connectivity index (χ1n) is 12.2. The third-order valence-electron chi connectivity index (χ3n) is 7.53. The lowest BCUT2D eigenvalue weighted by Crippen LogP contribution is -2.49. The summed E-state index contributed by atoms with van der Waals surface area (Å²) >= 11 is 2.27. The lowest BCUT2D eigenvalue weighted by atomic mass is 9.65. The fourth-order valence-corrected chi connectivity index (χ4v) is 6.54. The molecular weight excluding hydrogens is 543 g/mol. The number of nitrogens with zero attached hydrogens (tertiary/aromatic N) is 1. The molecule has 180 valence electrons. The number of carbonyl (C=O) groups is 1. The van der Waals surface area contributed by atoms with E-state index in [1.807, 2.05) is 29.2 Å². The summed E-state index contributed by atoms with van der Waals surface area (Å²) < 4.78 is 1.12. The van der Waals surface area contributed by atoms with Gasteiger partial charge in [0.25, 0.3) is 5.91 Å². The molecule has 1 amide bonds. The zero-order chi connectivity index (χ0) is 25.2. The maximum atomic E-state index is 13.8. The Balaban J connectivity index is 1.64. The summed E-state index contributed by atoms with van der Waals surface area (Å²) in [5.41, 5.74) is 7.25. The Bertz CT molecular complexity index is 1350. The first-order chi connectivity index (χ1) is 16.4. The van der Waals surface area contributed by atoms with Crippen molar-refractivity contribution in [2.75, 3.05) is 10.2 Å². The molecule has 1 N–H and O–H groups in total. The first kappa shape index (κ1) is 24.1. The van der Waals surface area contributed by atoms with Crippen molar-refractivity contribution >= 4 is 45.4 Å². The van der Waals surface area contributed by atoms with Crippen molar-refractivity contribution in [3.8, 4) is 0 Å². The second-order valence-corrected chi connectivity index (χ2v) is 12.7. The minimum atomic E-state index is -0.425. The van der Waals surface area contributed by atoms with Crippen LogP contribution in [0.5, 0.6) is 0 Å². The third-order valence-corrected chi connectivity index (χ3v) is 8.25. The number of rotatable bonds is 2. The molecule has 0 spiro atoms. The van der Waals surface area contributed by atoms with E-state index in [4.69, 9.17) is 0 Å². The largest absolute Gasteiger partial charge is 0.380 e. The molecule has 0 saturated carbocycles. The minimum Gasteiger partial charge on any atom is -0.380 e. The van der Waals surface area contributed by atoms with Gasteiger partial charge in [-0.25, -0.2) is 0 Å². The summed E-state index contributed by atoms with van der Waals surface area (Å²) in [5.74, 6) is 0.0312. The van der Waals surface area contributed by atoms with Crippen molar-refractivity contribution in [3.63, 3.8) is 0 Å². The second kappa shape index (κ2) is 8.22. The van der Waals surface area contributed by atoms with Gasteiger partial charge in [0.15, 0.2) is 0 Å². The highest BCUT2D eigenvalue weighted by Crippen LogP contribution is 2.49. The molecule has 3 nitrogen and oxygen atoms in total. The lowest BCUT2D eigenvalue weighted by molar-refractivity contribution is 0.0970. The highest BCUT2D eigenvalue weighted by molar-refractivity contribution is 14.1. The molecule has 1 atom stereocenters. The molecule has 0 radical (unpaired) electrons. The normalized spacial score (nSPS) is 21.9. The van der Waals surface area contributed by atoms with Crippen molar-refractivity contribution in [3.05, 3.63) is 98.6 Å². The fourth-order valence-electron chi connectivity index (χ4n) is 6.18. The Morgan fingerprint density at radius 3 is 2.34 bits per heavy atom. The number of hydrogen-bond donors (Lipinski definition) is 1. The van der Waals surface area contributed by atoms with Gasteiger partial charge in [-0.15, -0.1) is 0 Å². The van der Waals surface area contributed by atoms with E-state index in [1.165, 1.54) is 22.4 Å². The Kier molecular flexibility index (Phi) is 5.67. The third kappa shape index (κ3) is 4.10.